The third-order valence-electron chi connectivity index (χ3n) is 3.70. The third-order valence-corrected chi connectivity index (χ3v) is 3.70. The quantitative estimate of drug-likeness (QED) is 0.880. The Balaban J connectivity index is 2.19. The predicted molar refractivity (Wildman–Crippen MR) is 79.5 cm³/mol. The number of nitrogens with one attached hydrogen (secondary N) is 1. The van der Waals surface area contributed by atoms with Crippen LogP contribution in [0.15, 0.2) is 0 Å². The van der Waals surface area contributed by atoms with Gasteiger partial charge >= 0.3 is 0 Å². The summed E-state index contributed by atoms with van der Waals surface area (Å²) >= 11 is 0. The Morgan fingerprint density at radius 2 is 2.20 bits per heavy atom. The summed E-state index contributed by atoms with van der Waals surface area (Å²) in [6.45, 7) is 7.03. The van der Waals surface area contributed by atoms with Crippen molar-refractivity contribution < 1.29 is 4.79 Å². The summed E-state index contributed by atoms with van der Waals surface area (Å²) in [5, 5.41) is 3.37. The molecule has 0 spiro atoms. The lowest BCUT2D eigenvalue weighted by molar-refractivity contribution is -0.128. The SMILES string of the molecule is CC(C)Cc1nc2c(n1CCC(=O)N(C)C)CCNC2. The van der Waals surface area contributed by atoms with Crippen molar-refractivity contribution in [2.24, 2.45) is 5.92 Å². The van der Waals surface area contributed by atoms with E-state index in [9.17, 15) is 4.79 Å². The second-order valence-corrected chi connectivity index (χ2v) is 6.14. The van der Waals surface area contributed by atoms with Crippen molar-refractivity contribution in [2.45, 2.75) is 46.2 Å². The highest BCUT2D eigenvalue weighted by atomic mass is 16.2. The van der Waals surface area contributed by atoms with Crippen molar-refractivity contribution in [2.75, 3.05) is 20.6 Å². The van der Waals surface area contributed by atoms with Gasteiger partial charge in [0.1, 0.15) is 5.82 Å². The number of hydrogen-bond acceptors (Lipinski definition) is 3. The summed E-state index contributed by atoms with van der Waals surface area (Å²) in [7, 11) is 3.62. The van der Waals surface area contributed by atoms with Crippen LogP contribution in [0.3, 0.4) is 0 Å². The van der Waals surface area contributed by atoms with Gasteiger partial charge < -0.3 is 14.8 Å². The summed E-state index contributed by atoms with van der Waals surface area (Å²) in [6.07, 6.45) is 2.54. The van der Waals surface area contributed by atoms with E-state index in [2.05, 4.69) is 23.7 Å². The van der Waals surface area contributed by atoms with Crippen LogP contribution < -0.4 is 5.32 Å². The summed E-state index contributed by atoms with van der Waals surface area (Å²) in [5.74, 6) is 1.90. The van der Waals surface area contributed by atoms with Crippen LogP contribution in [0.1, 0.15) is 37.5 Å². The Kier molecular flexibility index (Phi) is 4.81. The van der Waals surface area contributed by atoms with Gasteiger partial charge in [-0.1, -0.05) is 13.8 Å². The first kappa shape index (κ1) is 15.0. The van der Waals surface area contributed by atoms with E-state index in [1.54, 1.807) is 4.90 Å². The van der Waals surface area contributed by atoms with Crippen LogP contribution in [-0.4, -0.2) is 41.0 Å². The highest BCUT2D eigenvalue weighted by Gasteiger charge is 2.20. The van der Waals surface area contributed by atoms with Crippen LogP contribution in [-0.2, 0) is 30.7 Å². The van der Waals surface area contributed by atoms with Gasteiger partial charge in [0.25, 0.3) is 0 Å². The molecule has 0 atom stereocenters. The molecule has 1 aromatic heterocycles. The van der Waals surface area contributed by atoms with Crippen molar-refractivity contribution in [1.82, 2.24) is 19.8 Å². The van der Waals surface area contributed by atoms with E-state index in [1.807, 2.05) is 14.1 Å². The topological polar surface area (TPSA) is 50.2 Å². The van der Waals surface area contributed by atoms with Gasteiger partial charge in [0.2, 0.25) is 5.91 Å². The number of carbonyl (C=O) groups is 1. The van der Waals surface area contributed by atoms with Gasteiger partial charge in [0.05, 0.1) is 5.69 Å². The molecule has 1 aliphatic heterocycles. The first-order valence-corrected chi connectivity index (χ1v) is 7.47. The average Bonchev–Trinajstić information content (AvgIpc) is 2.72. The summed E-state index contributed by atoms with van der Waals surface area (Å²) in [5.41, 5.74) is 2.50. The maximum absolute atomic E-state index is 11.8. The van der Waals surface area contributed by atoms with Gasteiger partial charge in [-0.3, -0.25) is 4.79 Å². The van der Waals surface area contributed by atoms with Crippen molar-refractivity contribution in [3.63, 3.8) is 0 Å². The Hall–Kier alpha value is -1.36. The molecule has 2 heterocycles. The Morgan fingerprint density at radius 1 is 1.45 bits per heavy atom. The van der Waals surface area contributed by atoms with Crippen molar-refractivity contribution in [1.29, 1.82) is 0 Å². The third kappa shape index (κ3) is 3.39. The smallest absolute Gasteiger partial charge is 0.223 e. The fourth-order valence-electron chi connectivity index (χ4n) is 2.64. The van der Waals surface area contributed by atoms with Crippen LogP contribution >= 0.6 is 0 Å². The molecule has 0 saturated heterocycles. The molecule has 0 bridgehead atoms. The molecule has 0 aliphatic carbocycles. The van der Waals surface area contributed by atoms with E-state index in [1.165, 1.54) is 11.4 Å². The minimum atomic E-state index is 0.178. The molecule has 0 fully saturated rings. The van der Waals surface area contributed by atoms with Crippen molar-refractivity contribution in [3.05, 3.63) is 17.2 Å². The maximum atomic E-state index is 11.8. The maximum Gasteiger partial charge on any atom is 0.223 e. The van der Waals surface area contributed by atoms with Gasteiger partial charge in [0, 0.05) is 58.7 Å². The van der Waals surface area contributed by atoms with Crippen LogP contribution in [0, 0.1) is 5.92 Å². The molecule has 0 radical (unpaired) electrons. The van der Waals surface area contributed by atoms with Crippen LogP contribution in [0.2, 0.25) is 0 Å². The molecule has 20 heavy (non-hydrogen) atoms. The molecule has 0 unspecified atom stereocenters. The van der Waals surface area contributed by atoms with E-state index < -0.39 is 0 Å². The van der Waals surface area contributed by atoms with E-state index in [-0.39, 0.29) is 5.91 Å². The highest BCUT2D eigenvalue weighted by Crippen LogP contribution is 2.19. The fraction of sp³-hybridized carbons (Fsp3) is 0.733. The number of fused-ring (bicyclic) bond motifs is 1. The number of imidazole rings is 1. The molecule has 5 nitrogen and oxygen atoms in total. The molecule has 1 aromatic rings. The Morgan fingerprint density at radius 3 is 2.85 bits per heavy atom. The number of nitrogens with zero attached hydrogens (tertiary/aromatic N) is 3. The van der Waals surface area contributed by atoms with Crippen molar-refractivity contribution >= 4 is 5.91 Å². The zero-order valence-corrected chi connectivity index (χ0v) is 13.1. The van der Waals surface area contributed by atoms with Crippen LogP contribution in [0.5, 0.6) is 0 Å². The molecule has 0 saturated carbocycles. The second kappa shape index (κ2) is 6.39. The highest BCUT2D eigenvalue weighted by molar-refractivity contribution is 5.75. The summed E-state index contributed by atoms with van der Waals surface area (Å²) in [6, 6.07) is 0. The number of aromatic nitrogens is 2. The van der Waals surface area contributed by atoms with E-state index in [0.29, 0.717) is 12.3 Å². The lowest BCUT2D eigenvalue weighted by atomic mass is 10.1. The number of carbonyl (C=O) groups excluding carboxylic acids is 1. The number of rotatable bonds is 5. The largest absolute Gasteiger partial charge is 0.349 e. The van der Waals surface area contributed by atoms with Crippen LogP contribution in [0.25, 0.3) is 0 Å². The molecule has 112 valence electrons. The lowest BCUT2D eigenvalue weighted by Gasteiger charge is -2.17. The Bertz CT molecular complexity index is 476. The second-order valence-electron chi connectivity index (χ2n) is 6.14. The molecular weight excluding hydrogens is 252 g/mol. The van der Waals surface area contributed by atoms with Crippen LogP contribution in [0.4, 0.5) is 0 Å². The molecule has 1 amide bonds. The van der Waals surface area contributed by atoms with E-state index in [0.717, 1.165) is 38.3 Å². The number of amides is 1. The first-order chi connectivity index (χ1) is 9.49. The normalized spacial score (nSPS) is 14.4. The van der Waals surface area contributed by atoms with Crippen molar-refractivity contribution in [3.8, 4) is 0 Å². The first-order valence-electron chi connectivity index (χ1n) is 7.47. The molecule has 2 rings (SSSR count). The van der Waals surface area contributed by atoms with E-state index >= 15 is 0 Å². The zero-order valence-electron chi connectivity index (χ0n) is 13.1. The average molecular weight is 278 g/mol. The molecule has 1 aliphatic rings. The fourth-order valence-corrected chi connectivity index (χ4v) is 2.64. The molecule has 5 heteroatoms. The van der Waals surface area contributed by atoms with Gasteiger partial charge in [-0.25, -0.2) is 4.98 Å². The number of hydrogen-bond donors (Lipinski definition) is 1. The zero-order chi connectivity index (χ0) is 14.7. The molecule has 0 aromatic carbocycles. The van der Waals surface area contributed by atoms with Gasteiger partial charge in [-0.05, 0) is 5.92 Å². The van der Waals surface area contributed by atoms with Gasteiger partial charge in [0.15, 0.2) is 0 Å². The summed E-state index contributed by atoms with van der Waals surface area (Å²) < 4.78 is 2.29. The minimum absolute atomic E-state index is 0.178. The molecular formula is C15H26N4O. The lowest BCUT2D eigenvalue weighted by Crippen LogP contribution is -2.27. The Labute approximate surface area is 121 Å². The van der Waals surface area contributed by atoms with Gasteiger partial charge in [-0.15, -0.1) is 0 Å². The van der Waals surface area contributed by atoms with Gasteiger partial charge in [-0.2, -0.15) is 0 Å². The summed E-state index contributed by atoms with van der Waals surface area (Å²) in [4.78, 5) is 18.3. The monoisotopic (exact) mass is 278 g/mol. The van der Waals surface area contributed by atoms with E-state index in [4.69, 9.17) is 4.98 Å². The standard InChI is InChI=1S/C15H26N4O/c1-11(2)9-14-17-12-10-16-7-5-13(12)19(14)8-6-15(20)18(3)4/h11,16H,5-10H2,1-4H3. The molecule has 1 N–H and O–H groups in total. The minimum Gasteiger partial charge on any atom is -0.349 e. The predicted octanol–water partition coefficient (Wildman–Crippen LogP) is 1.21.